The second kappa shape index (κ2) is 5.57. The minimum absolute atomic E-state index is 0.217. The van der Waals surface area contributed by atoms with Crippen LogP contribution in [-0.2, 0) is 0 Å². The van der Waals surface area contributed by atoms with Gasteiger partial charge in [-0.15, -0.1) is 0 Å². The normalized spacial score (nSPS) is 11.0. The Morgan fingerprint density at radius 2 is 1.62 bits per heavy atom. The Bertz CT molecular complexity index is 724. The molecule has 0 N–H and O–H groups in total. The van der Waals surface area contributed by atoms with Gasteiger partial charge in [0.1, 0.15) is 5.82 Å². The third kappa shape index (κ3) is 2.75. The Morgan fingerprint density at radius 3 is 2.24 bits per heavy atom. The molecule has 1 radical (unpaired) electrons. The van der Waals surface area contributed by atoms with Crippen LogP contribution >= 0.6 is 0 Å². The van der Waals surface area contributed by atoms with E-state index in [-0.39, 0.29) is 5.82 Å². The van der Waals surface area contributed by atoms with Crippen LogP contribution in [0.1, 0.15) is 25.5 Å². The van der Waals surface area contributed by atoms with E-state index in [1.165, 1.54) is 12.1 Å². The van der Waals surface area contributed by atoms with Crippen molar-refractivity contribution in [2.45, 2.75) is 19.8 Å². The lowest BCUT2D eigenvalue weighted by molar-refractivity contribution is 0.628. The van der Waals surface area contributed by atoms with Gasteiger partial charge in [-0.2, -0.15) is 0 Å². The molecule has 2 heteroatoms. The molecule has 0 saturated heterocycles. The van der Waals surface area contributed by atoms with E-state index >= 15 is 0 Å². The van der Waals surface area contributed by atoms with Gasteiger partial charge in [-0.1, -0.05) is 44.2 Å². The summed E-state index contributed by atoms with van der Waals surface area (Å²) in [4.78, 5) is 0. The van der Waals surface area contributed by atoms with Crippen molar-refractivity contribution in [1.82, 2.24) is 4.57 Å². The van der Waals surface area contributed by atoms with Crippen molar-refractivity contribution in [3.8, 4) is 16.8 Å². The monoisotopic (exact) mass is 278 g/mol. The molecule has 0 aliphatic rings. The molecule has 0 bridgehead atoms. The summed E-state index contributed by atoms with van der Waals surface area (Å²) in [6, 6.07) is 20.2. The van der Waals surface area contributed by atoms with Crippen LogP contribution in [0.25, 0.3) is 16.8 Å². The molecule has 1 heterocycles. The first-order valence-electron chi connectivity index (χ1n) is 7.11. The van der Waals surface area contributed by atoms with Gasteiger partial charge in [-0.25, -0.2) is 4.39 Å². The minimum atomic E-state index is -0.217. The van der Waals surface area contributed by atoms with Crippen LogP contribution in [0.3, 0.4) is 0 Å². The van der Waals surface area contributed by atoms with Gasteiger partial charge in [0.25, 0.3) is 0 Å². The summed E-state index contributed by atoms with van der Waals surface area (Å²) >= 11 is 0. The smallest absolute Gasteiger partial charge is 0.123 e. The van der Waals surface area contributed by atoms with Gasteiger partial charge in [-0.3, -0.25) is 0 Å². The van der Waals surface area contributed by atoms with Crippen LogP contribution < -0.4 is 0 Å². The zero-order valence-corrected chi connectivity index (χ0v) is 12.2. The molecule has 2 aromatic carbocycles. The van der Waals surface area contributed by atoms with Gasteiger partial charge in [0, 0.05) is 29.2 Å². The van der Waals surface area contributed by atoms with Gasteiger partial charge in [0.05, 0.1) is 0 Å². The van der Waals surface area contributed by atoms with E-state index in [4.69, 9.17) is 0 Å². The maximum atomic E-state index is 13.1. The molecule has 1 aromatic heterocycles. The van der Waals surface area contributed by atoms with Crippen molar-refractivity contribution in [2.75, 3.05) is 0 Å². The molecule has 0 aliphatic carbocycles. The molecule has 3 aromatic rings. The van der Waals surface area contributed by atoms with Crippen LogP contribution in [0.4, 0.5) is 4.39 Å². The predicted molar refractivity (Wildman–Crippen MR) is 84.1 cm³/mol. The number of rotatable bonds is 3. The number of hydrogen-bond acceptors (Lipinski definition) is 0. The van der Waals surface area contributed by atoms with Gasteiger partial charge >= 0.3 is 0 Å². The maximum Gasteiger partial charge on any atom is 0.123 e. The van der Waals surface area contributed by atoms with Crippen LogP contribution in [0.5, 0.6) is 0 Å². The molecule has 21 heavy (non-hydrogen) atoms. The zero-order valence-electron chi connectivity index (χ0n) is 12.2. The third-order valence-electron chi connectivity index (χ3n) is 3.52. The van der Waals surface area contributed by atoms with Crippen LogP contribution in [0.15, 0.2) is 60.8 Å². The number of halogens is 1. The van der Waals surface area contributed by atoms with Crippen LogP contribution in [-0.4, -0.2) is 4.57 Å². The van der Waals surface area contributed by atoms with E-state index in [2.05, 4.69) is 42.8 Å². The number of benzene rings is 2. The van der Waals surface area contributed by atoms with Gasteiger partial charge in [-0.05, 0) is 35.7 Å². The zero-order chi connectivity index (χ0) is 14.8. The van der Waals surface area contributed by atoms with Crippen LogP contribution in [0, 0.1) is 11.9 Å². The van der Waals surface area contributed by atoms with Gasteiger partial charge in [0.15, 0.2) is 0 Å². The quantitative estimate of drug-likeness (QED) is 0.620. The summed E-state index contributed by atoms with van der Waals surface area (Å²) in [6.45, 7) is 4.30. The van der Waals surface area contributed by atoms with Crippen molar-refractivity contribution < 1.29 is 4.39 Å². The van der Waals surface area contributed by atoms with Crippen molar-refractivity contribution in [1.29, 1.82) is 0 Å². The first-order chi connectivity index (χ1) is 10.1. The Hall–Kier alpha value is -2.35. The molecule has 105 valence electrons. The number of nitrogens with zero attached hydrogens (tertiary/aromatic N) is 1. The minimum Gasteiger partial charge on any atom is -0.319 e. The highest BCUT2D eigenvalue weighted by Crippen LogP contribution is 2.28. The number of aromatic nitrogens is 1. The standard InChI is InChI=1S/C19H17FN/c1-14(2)19-12-16(15-8-10-17(20)11-9-15)13-21(19)18-6-4-3-5-7-18/h3-11,13-14H,1-2H3. The van der Waals surface area contributed by atoms with Crippen molar-refractivity contribution in [3.63, 3.8) is 0 Å². The lowest BCUT2D eigenvalue weighted by Crippen LogP contribution is -1.99. The summed E-state index contributed by atoms with van der Waals surface area (Å²) in [5.74, 6) is 0.143. The molecular weight excluding hydrogens is 261 g/mol. The predicted octanol–water partition coefficient (Wildman–Crippen LogP) is 5.21. The third-order valence-corrected chi connectivity index (χ3v) is 3.52. The average Bonchev–Trinajstić information content (AvgIpc) is 2.94. The topological polar surface area (TPSA) is 4.93 Å². The maximum absolute atomic E-state index is 13.1. The molecule has 0 aliphatic heterocycles. The van der Waals surface area contributed by atoms with Crippen LogP contribution in [0.2, 0.25) is 0 Å². The second-order valence-corrected chi connectivity index (χ2v) is 5.42. The van der Waals surface area contributed by atoms with Crippen molar-refractivity contribution in [3.05, 3.63) is 78.4 Å². The van der Waals surface area contributed by atoms with E-state index in [0.29, 0.717) is 5.92 Å². The van der Waals surface area contributed by atoms with E-state index in [1.54, 1.807) is 12.1 Å². The molecule has 0 unspecified atom stereocenters. The SMILES string of the molecule is CC(C)c1[c]c(-c2ccc(F)cc2)cn1-c1ccccc1. The first kappa shape index (κ1) is 13.6. The molecule has 0 atom stereocenters. The largest absolute Gasteiger partial charge is 0.319 e. The van der Waals surface area contributed by atoms with Crippen molar-refractivity contribution in [2.24, 2.45) is 0 Å². The lowest BCUT2D eigenvalue weighted by atomic mass is 10.1. The van der Waals surface area contributed by atoms with E-state index < -0.39 is 0 Å². The highest BCUT2D eigenvalue weighted by Gasteiger charge is 2.12. The summed E-state index contributed by atoms with van der Waals surface area (Å²) in [6.07, 6.45) is 2.07. The lowest BCUT2D eigenvalue weighted by Gasteiger charge is -2.11. The fourth-order valence-electron chi connectivity index (χ4n) is 2.43. The van der Waals surface area contributed by atoms with Crippen molar-refractivity contribution >= 4 is 0 Å². The average molecular weight is 278 g/mol. The molecule has 1 nitrogen and oxygen atoms in total. The highest BCUT2D eigenvalue weighted by atomic mass is 19.1. The fraction of sp³-hybridized carbons (Fsp3) is 0.158. The molecule has 0 fully saturated rings. The molecular formula is C19H17FN. The first-order valence-corrected chi connectivity index (χ1v) is 7.11. The Labute approximate surface area is 124 Å². The molecule has 0 saturated carbocycles. The molecule has 0 spiro atoms. The second-order valence-electron chi connectivity index (χ2n) is 5.42. The van der Waals surface area contributed by atoms with E-state index in [1.807, 2.05) is 18.2 Å². The number of para-hydroxylation sites is 1. The van der Waals surface area contributed by atoms with E-state index in [9.17, 15) is 4.39 Å². The molecule has 0 amide bonds. The Morgan fingerprint density at radius 1 is 0.952 bits per heavy atom. The van der Waals surface area contributed by atoms with E-state index in [0.717, 1.165) is 22.5 Å². The Kier molecular flexibility index (Phi) is 3.61. The van der Waals surface area contributed by atoms with Gasteiger partial charge in [0.2, 0.25) is 0 Å². The summed E-state index contributed by atoms with van der Waals surface area (Å²) < 4.78 is 15.2. The summed E-state index contributed by atoms with van der Waals surface area (Å²) in [5.41, 5.74) is 4.21. The van der Waals surface area contributed by atoms with Gasteiger partial charge < -0.3 is 4.57 Å². The summed E-state index contributed by atoms with van der Waals surface area (Å²) in [7, 11) is 0. The Balaban J connectivity index is 2.11. The number of hydrogen-bond donors (Lipinski definition) is 0. The summed E-state index contributed by atoms with van der Waals surface area (Å²) in [5, 5.41) is 0. The molecule has 3 rings (SSSR count). The highest BCUT2D eigenvalue weighted by molar-refractivity contribution is 5.64. The fourth-order valence-corrected chi connectivity index (χ4v) is 2.43.